The lowest BCUT2D eigenvalue weighted by molar-refractivity contribution is -0.131. The Labute approximate surface area is 85.4 Å². The molecule has 0 amide bonds. The Bertz CT molecular complexity index is 379. The normalized spacial score (nSPS) is 10.4. The number of carboxylic acid groups (broad SMARTS) is 1. The van der Waals surface area contributed by atoms with Gasteiger partial charge in [0.1, 0.15) is 17.3 Å². The molecule has 0 saturated carbocycles. The standard InChI is InChI=1S/C8H8ClN3O2/c1-10-8-5(2-3-6(13)14)7(9)11-4-12-8/h2-4H,1H3,(H,13,14)(H,10,11,12). The zero-order valence-electron chi connectivity index (χ0n) is 7.36. The molecule has 0 unspecified atom stereocenters. The van der Waals surface area contributed by atoms with E-state index in [2.05, 4.69) is 15.3 Å². The maximum absolute atomic E-state index is 10.3. The summed E-state index contributed by atoms with van der Waals surface area (Å²) in [6.07, 6.45) is 3.62. The lowest BCUT2D eigenvalue weighted by Crippen LogP contribution is -1.97. The lowest BCUT2D eigenvalue weighted by Gasteiger charge is -2.03. The maximum Gasteiger partial charge on any atom is 0.328 e. The van der Waals surface area contributed by atoms with E-state index in [4.69, 9.17) is 16.7 Å². The highest BCUT2D eigenvalue weighted by atomic mass is 35.5. The number of rotatable bonds is 3. The number of carboxylic acids is 1. The van der Waals surface area contributed by atoms with E-state index in [0.717, 1.165) is 6.08 Å². The van der Waals surface area contributed by atoms with Crippen molar-refractivity contribution in [3.8, 4) is 0 Å². The number of nitrogens with zero attached hydrogens (tertiary/aromatic N) is 2. The molecule has 1 aromatic rings. The molecular formula is C8H8ClN3O2. The third-order valence-electron chi connectivity index (χ3n) is 1.46. The molecule has 0 spiro atoms. The largest absolute Gasteiger partial charge is 0.478 e. The van der Waals surface area contributed by atoms with E-state index in [9.17, 15) is 4.79 Å². The van der Waals surface area contributed by atoms with Crippen LogP contribution in [-0.4, -0.2) is 28.1 Å². The van der Waals surface area contributed by atoms with Gasteiger partial charge in [0, 0.05) is 13.1 Å². The molecule has 1 heterocycles. The Morgan fingerprint density at radius 3 is 2.93 bits per heavy atom. The summed E-state index contributed by atoms with van der Waals surface area (Å²) in [6, 6.07) is 0. The SMILES string of the molecule is CNc1ncnc(Cl)c1C=CC(=O)O. The minimum absolute atomic E-state index is 0.210. The Morgan fingerprint density at radius 1 is 1.64 bits per heavy atom. The quantitative estimate of drug-likeness (QED) is 0.584. The monoisotopic (exact) mass is 213 g/mol. The van der Waals surface area contributed by atoms with Crippen molar-refractivity contribution in [2.24, 2.45) is 0 Å². The summed E-state index contributed by atoms with van der Waals surface area (Å²) < 4.78 is 0. The third-order valence-corrected chi connectivity index (χ3v) is 1.77. The molecule has 0 bridgehead atoms. The van der Waals surface area contributed by atoms with Crippen LogP contribution in [0.5, 0.6) is 0 Å². The van der Waals surface area contributed by atoms with Gasteiger partial charge < -0.3 is 10.4 Å². The van der Waals surface area contributed by atoms with Gasteiger partial charge in [-0.15, -0.1) is 0 Å². The number of carbonyl (C=O) groups is 1. The van der Waals surface area contributed by atoms with Crippen molar-refractivity contribution in [3.63, 3.8) is 0 Å². The minimum Gasteiger partial charge on any atom is -0.478 e. The topological polar surface area (TPSA) is 75.1 Å². The molecule has 0 aliphatic carbocycles. The number of aliphatic carboxylic acids is 1. The molecule has 74 valence electrons. The number of hydrogen-bond acceptors (Lipinski definition) is 4. The first kappa shape index (κ1) is 10.5. The fraction of sp³-hybridized carbons (Fsp3) is 0.125. The predicted molar refractivity (Wildman–Crippen MR) is 53.3 cm³/mol. The molecule has 0 aliphatic rings. The Hall–Kier alpha value is -1.62. The van der Waals surface area contributed by atoms with Gasteiger partial charge in [-0.05, 0) is 6.08 Å². The van der Waals surface area contributed by atoms with Gasteiger partial charge in [0.2, 0.25) is 0 Å². The summed E-state index contributed by atoms with van der Waals surface area (Å²) in [5, 5.41) is 11.4. The van der Waals surface area contributed by atoms with Crippen LogP contribution in [0, 0.1) is 0 Å². The molecule has 6 heteroatoms. The van der Waals surface area contributed by atoms with Crippen LogP contribution in [-0.2, 0) is 4.79 Å². The van der Waals surface area contributed by atoms with E-state index in [0.29, 0.717) is 11.4 Å². The molecular weight excluding hydrogens is 206 g/mol. The molecule has 5 nitrogen and oxygen atoms in total. The van der Waals surface area contributed by atoms with Crippen molar-refractivity contribution in [1.29, 1.82) is 0 Å². The molecule has 1 aromatic heterocycles. The van der Waals surface area contributed by atoms with Crippen LogP contribution < -0.4 is 5.32 Å². The van der Waals surface area contributed by atoms with Crippen molar-refractivity contribution in [2.45, 2.75) is 0 Å². The maximum atomic E-state index is 10.3. The fourth-order valence-corrected chi connectivity index (χ4v) is 1.07. The van der Waals surface area contributed by atoms with Crippen LogP contribution in [0.25, 0.3) is 6.08 Å². The van der Waals surface area contributed by atoms with Crippen LogP contribution >= 0.6 is 11.6 Å². The van der Waals surface area contributed by atoms with E-state index in [1.807, 2.05) is 0 Å². The first-order valence-corrected chi connectivity index (χ1v) is 4.12. The molecule has 0 atom stereocenters. The van der Waals surface area contributed by atoms with E-state index < -0.39 is 5.97 Å². The van der Waals surface area contributed by atoms with Gasteiger partial charge in [-0.1, -0.05) is 11.6 Å². The van der Waals surface area contributed by atoms with Crippen LogP contribution in [0.1, 0.15) is 5.56 Å². The molecule has 0 aromatic carbocycles. The van der Waals surface area contributed by atoms with Gasteiger partial charge in [-0.25, -0.2) is 14.8 Å². The highest BCUT2D eigenvalue weighted by Crippen LogP contribution is 2.20. The van der Waals surface area contributed by atoms with Gasteiger partial charge >= 0.3 is 5.97 Å². The first-order valence-electron chi connectivity index (χ1n) is 3.74. The van der Waals surface area contributed by atoms with Crippen LogP contribution in [0.4, 0.5) is 5.82 Å². The molecule has 14 heavy (non-hydrogen) atoms. The molecule has 0 aliphatic heterocycles. The smallest absolute Gasteiger partial charge is 0.328 e. The lowest BCUT2D eigenvalue weighted by atomic mass is 10.3. The van der Waals surface area contributed by atoms with Gasteiger partial charge in [0.25, 0.3) is 0 Å². The number of hydrogen-bond donors (Lipinski definition) is 2. The van der Waals surface area contributed by atoms with Gasteiger partial charge in [-0.2, -0.15) is 0 Å². The second-order valence-electron chi connectivity index (χ2n) is 2.35. The summed E-state index contributed by atoms with van der Waals surface area (Å²) in [5.41, 5.74) is 0.457. The molecule has 2 N–H and O–H groups in total. The summed E-state index contributed by atoms with van der Waals surface area (Å²) in [7, 11) is 1.66. The third kappa shape index (κ3) is 2.43. The van der Waals surface area contributed by atoms with Crippen molar-refractivity contribution >= 4 is 29.5 Å². The van der Waals surface area contributed by atoms with Gasteiger partial charge in [0.15, 0.2) is 0 Å². The van der Waals surface area contributed by atoms with Crippen molar-refractivity contribution in [2.75, 3.05) is 12.4 Å². The number of aromatic nitrogens is 2. The predicted octanol–water partition coefficient (Wildman–Crippen LogP) is 1.27. The Kier molecular flexibility index (Phi) is 3.41. The zero-order valence-corrected chi connectivity index (χ0v) is 8.12. The van der Waals surface area contributed by atoms with Crippen molar-refractivity contribution < 1.29 is 9.90 Å². The molecule has 0 radical (unpaired) electrons. The minimum atomic E-state index is -1.05. The molecule has 0 fully saturated rings. The van der Waals surface area contributed by atoms with Gasteiger partial charge in [0.05, 0.1) is 5.56 Å². The van der Waals surface area contributed by atoms with Gasteiger partial charge in [-0.3, -0.25) is 0 Å². The Balaban J connectivity index is 3.11. The summed E-state index contributed by atoms with van der Waals surface area (Å²) in [6.45, 7) is 0. The van der Waals surface area contributed by atoms with Crippen molar-refractivity contribution in [1.82, 2.24) is 9.97 Å². The average Bonchev–Trinajstić information content (AvgIpc) is 2.15. The number of nitrogens with one attached hydrogen (secondary N) is 1. The van der Waals surface area contributed by atoms with E-state index in [1.165, 1.54) is 12.4 Å². The van der Waals surface area contributed by atoms with E-state index in [-0.39, 0.29) is 5.15 Å². The summed E-state index contributed by atoms with van der Waals surface area (Å²) in [5.74, 6) is -0.561. The second-order valence-corrected chi connectivity index (χ2v) is 2.71. The van der Waals surface area contributed by atoms with E-state index >= 15 is 0 Å². The summed E-state index contributed by atoms with van der Waals surface area (Å²) in [4.78, 5) is 17.9. The van der Waals surface area contributed by atoms with Crippen LogP contribution in [0.2, 0.25) is 5.15 Å². The van der Waals surface area contributed by atoms with Crippen molar-refractivity contribution in [3.05, 3.63) is 23.1 Å². The number of halogens is 1. The van der Waals surface area contributed by atoms with Crippen LogP contribution in [0.3, 0.4) is 0 Å². The molecule has 0 saturated heterocycles. The zero-order chi connectivity index (χ0) is 10.6. The second kappa shape index (κ2) is 4.57. The fourth-order valence-electron chi connectivity index (χ4n) is 0.876. The van der Waals surface area contributed by atoms with E-state index in [1.54, 1.807) is 7.05 Å². The molecule has 1 rings (SSSR count). The van der Waals surface area contributed by atoms with Crippen LogP contribution in [0.15, 0.2) is 12.4 Å². The summed E-state index contributed by atoms with van der Waals surface area (Å²) >= 11 is 5.76. The number of anilines is 1. The average molecular weight is 214 g/mol. The first-order chi connectivity index (χ1) is 6.65. The highest BCUT2D eigenvalue weighted by Gasteiger charge is 2.05. The highest BCUT2D eigenvalue weighted by molar-refractivity contribution is 6.31. The Morgan fingerprint density at radius 2 is 2.36 bits per heavy atom.